The highest BCUT2D eigenvalue weighted by Crippen LogP contribution is 2.11. The molecule has 0 aromatic carbocycles. The van der Waals surface area contributed by atoms with Gasteiger partial charge in [-0.1, -0.05) is 57.7 Å². The van der Waals surface area contributed by atoms with Crippen LogP contribution in [-0.2, 0) is 4.74 Å². The van der Waals surface area contributed by atoms with Crippen LogP contribution in [0.25, 0.3) is 0 Å². The zero-order valence-electron chi connectivity index (χ0n) is 11.5. The molecule has 1 heterocycles. The van der Waals surface area contributed by atoms with Gasteiger partial charge in [0.05, 0.1) is 0 Å². The Labute approximate surface area is 102 Å². The van der Waals surface area contributed by atoms with Crippen LogP contribution in [0.1, 0.15) is 40.5 Å². The summed E-state index contributed by atoms with van der Waals surface area (Å²) < 4.78 is 5.14. The summed E-state index contributed by atoms with van der Waals surface area (Å²) in [6.07, 6.45) is 8.03. The van der Waals surface area contributed by atoms with Crippen molar-refractivity contribution in [1.82, 2.24) is 0 Å². The van der Waals surface area contributed by atoms with E-state index in [1.165, 1.54) is 12.8 Å². The summed E-state index contributed by atoms with van der Waals surface area (Å²) in [5.74, 6) is 0.911. The fraction of sp³-hybridized carbons (Fsp3) is 0.600. The van der Waals surface area contributed by atoms with E-state index in [9.17, 15) is 0 Å². The topological polar surface area (TPSA) is 9.23 Å². The molecule has 0 unspecified atom stereocenters. The van der Waals surface area contributed by atoms with Crippen molar-refractivity contribution in [2.45, 2.75) is 40.5 Å². The Hall–Kier alpha value is -0.820. The first kappa shape index (κ1) is 17.6. The highest BCUT2D eigenvalue weighted by atomic mass is 16.5. The van der Waals surface area contributed by atoms with Crippen LogP contribution in [0.4, 0.5) is 0 Å². The molecule has 1 aliphatic rings. The lowest BCUT2D eigenvalue weighted by Gasteiger charge is -2.16. The third kappa shape index (κ3) is 15.6. The first-order valence-corrected chi connectivity index (χ1v) is 6.19. The molecule has 1 heteroatoms. The van der Waals surface area contributed by atoms with Crippen LogP contribution in [0.15, 0.2) is 37.0 Å². The quantitative estimate of drug-likeness (QED) is 0.614. The van der Waals surface area contributed by atoms with Gasteiger partial charge in [0.25, 0.3) is 0 Å². The fourth-order valence-electron chi connectivity index (χ4n) is 1.05. The van der Waals surface area contributed by atoms with E-state index in [-0.39, 0.29) is 0 Å². The summed E-state index contributed by atoms with van der Waals surface area (Å²) in [4.78, 5) is 0. The molecular weight excluding hydrogens is 196 g/mol. The van der Waals surface area contributed by atoms with Gasteiger partial charge in [-0.2, -0.15) is 0 Å². The molecule has 0 aliphatic carbocycles. The Bertz CT molecular complexity index is 186. The molecule has 0 amide bonds. The van der Waals surface area contributed by atoms with Gasteiger partial charge in [-0.3, -0.25) is 0 Å². The van der Waals surface area contributed by atoms with Crippen LogP contribution in [0.2, 0.25) is 0 Å². The van der Waals surface area contributed by atoms with E-state index in [2.05, 4.69) is 20.1 Å². The van der Waals surface area contributed by atoms with Crippen molar-refractivity contribution in [2.75, 3.05) is 13.2 Å². The van der Waals surface area contributed by atoms with Gasteiger partial charge < -0.3 is 4.74 Å². The third-order valence-electron chi connectivity index (χ3n) is 2.03. The monoisotopic (exact) mass is 224 g/mol. The van der Waals surface area contributed by atoms with E-state index in [4.69, 9.17) is 4.74 Å². The van der Waals surface area contributed by atoms with Gasteiger partial charge >= 0.3 is 0 Å². The standard InChI is InChI=1S/C7H10.C6H12O.C2H6/c1-4-5-6-7(2)3;1-6-2-4-7-5-3-6;1-2/h4-6H,1-2H2,3H3;6H,2-5H2,1H3;1-2H3/b6-5-;;. The van der Waals surface area contributed by atoms with Gasteiger partial charge in [-0.25, -0.2) is 0 Å². The smallest absolute Gasteiger partial charge is 0.0468 e. The lowest BCUT2D eigenvalue weighted by atomic mass is 10.0. The fourth-order valence-corrected chi connectivity index (χ4v) is 1.05. The van der Waals surface area contributed by atoms with E-state index in [0.717, 1.165) is 24.7 Å². The van der Waals surface area contributed by atoms with Gasteiger partial charge in [0.2, 0.25) is 0 Å². The summed E-state index contributed by atoms with van der Waals surface area (Å²) in [5, 5.41) is 0. The molecule has 0 aromatic rings. The van der Waals surface area contributed by atoms with Crippen LogP contribution in [0, 0.1) is 5.92 Å². The van der Waals surface area contributed by atoms with Crippen LogP contribution in [0.3, 0.4) is 0 Å². The normalized spacial score (nSPS) is 15.5. The lowest BCUT2D eigenvalue weighted by Crippen LogP contribution is -2.12. The third-order valence-corrected chi connectivity index (χ3v) is 2.03. The molecule has 0 N–H and O–H groups in total. The van der Waals surface area contributed by atoms with Crippen molar-refractivity contribution in [3.63, 3.8) is 0 Å². The van der Waals surface area contributed by atoms with Gasteiger partial charge in [-0.15, -0.1) is 0 Å². The van der Waals surface area contributed by atoms with Gasteiger partial charge in [0, 0.05) is 13.2 Å². The maximum atomic E-state index is 5.14. The second-order valence-corrected chi connectivity index (χ2v) is 3.74. The number of allylic oxidation sites excluding steroid dienone is 4. The summed E-state index contributed by atoms with van der Waals surface area (Å²) in [5.41, 5.74) is 1.06. The molecule has 16 heavy (non-hydrogen) atoms. The van der Waals surface area contributed by atoms with Crippen molar-refractivity contribution in [1.29, 1.82) is 0 Å². The molecule has 0 spiro atoms. The maximum Gasteiger partial charge on any atom is 0.0468 e. The summed E-state index contributed by atoms with van der Waals surface area (Å²) in [7, 11) is 0. The van der Waals surface area contributed by atoms with E-state index in [1.807, 2.05) is 32.9 Å². The van der Waals surface area contributed by atoms with Crippen molar-refractivity contribution >= 4 is 0 Å². The first-order chi connectivity index (χ1) is 7.66. The molecule has 1 fully saturated rings. The summed E-state index contributed by atoms with van der Waals surface area (Å²) in [6.45, 7) is 17.4. The lowest BCUT2D eigenvalue weighted by molar-refractivity contribution is 0.0716. The molecule has 1 nitrogen and oxygen atoms in total. The maximum absolute atomic E-state index is 5.14. The van der Waals surface area contributed by atoms with Crippen LogP contribution in [-0.4, -0.2) is 13.2 Å². The predicted molar refractivity (Wildman–Crippen MR) is 74.7 cm³/mol. The molecule has 0 bridgehead atoms. The number of hydrogen-bond donors (Lipinski definition) is 0. The highest BCUT2D eigenvalue weighted by molar-refractivity contribution is 5.15. The van der Waals surface area contributed by atoms with Gasteiger partial charge in [0.15, 0.2) is 0 Å². The second kappa shape index (κ2) is 14.2. The SMILES string of the molecule is C=C/C=C\C(=C)C.CC.CC1CCOCC1. The highest BCUT2D eigenvalue weighted by Gasteiger charge is 2.06. The minimum absolute atomic E-state index is 0.911. The Morgan fingerprint density at radius 3 is 1.94 bits per heavy atom. The summed E-state index contributed by atoms with van der Waals surface area (Å²) in [6, 6.07) is 0. The minimum atomic E-state index is 0.911. The van der Waals surface area contributed by atoms with E-state index < -0.39 is 0 Å². The second-order valence-electron chi connectivity index (χ2n) is 3.74. The zero-order chi connectivity index (χ0) is 12.8. The zero-order valence-corrected chi connectivity index (χ0v) is 11.5. The van der Waals surface area contributed by atoms with E-state index in [1.54, 1.807) is 6.08 Å². The Kier molecular flexibility index (Phi) is 15.6. The molecule has 0 radical (unpaired) electrons. The summed E-state index contributed by atoms with van der Waals surface area (Å²) >= 11 is 0. The van der Waals surface area contributed by atoms with Crippen LogP contribution < -0.4 is 0 Å². The Morgan fingerprint density at radius 2 is 1.75 bits per heavy atom. The molecule has 94 valence electrons. The van der Waals surface area contributed by atoms with E-state index >= 15 is 0 Å². The van der Waals surface area contributed by atoms with Gasteiger partial charge in [0.1, 0.15) is 0 Å². The molecular formula is C15H28O. The molecule has 0 saturated carbocycles. The molecule has 1 aliphatic heterocycles. The molecule has 0 aromatic heterocycles. The van der Waals surface area contributed by atoms with Crippen molar-refractivity contribution in [3.8, 4) is 0 Å². The van der Waals surface area contributed by atoms with E-state index in [0.29, 0.717) is 0 Å². The van der Waals surface area contributed by atoms with Crippen molar-refractivity contribution in [2.24, 2.45) is 5.92 Å². The van der Waals surface area contributed by atoms with Crippen molar-refractivity contribution in [3.05, 3.63) is 37.0 Å². The molecule has 0 atom stereocenters. The number of rotatable bonds is 2. The Balaban J connectivity index is 0. The first-order valence-electron chi connectivity index (χ1n) is 6.19. The Morgan fingerprint density at radius 1 is 1.25 bits per heavy atom. The average Bonchev–Trinajstić information content (AvgIpc) is 2.31. The van der Waals surface area contributed by atoms with Gasteiger partial charge in [-0.05, 0) is 25.7 Å². The van der Waals surface area contributed by atoms with Crippen LogP contribution in [0.5, 0.6) is 0 Å². The van der Waals surface area contributed by atoms with Crippen LogP contribution >= 0.6 is 0 Å². The van der Waals surface area contributed by atoms with Crippen molar-refractivity contribution < 1.29 is 4.74 Å². The minimum Gasteiger partial charge on any atom is -0.381 e. The number of ether oxygens (including phenoxy) is 1. The molecule has 1 saturated heterocycles. The predicted octanol–water partition coefficient (Wildman–Crippen LogP) is 4.76. The molecule has 1 rings (SSSR count). The largest absolute Gasteiger partial charge is 0.381 e. The average molecular weight is 224 g/mol. The number of hydrogen-bond acceptors (Lipinski definition) is 1.